The van der Waals surface area contributed by atoms with Gasteiger partial charge in [-0.3, -0.25) is 10.6 Å². The van der Waals surface area contributed by atoms with E-state index in [0.717, 1.165) is 13.1 Å². The second-order valence-electron chi connectivity index (χ2n) is 5.23. The van der Waals surface area contributed by atoms with Gasteiger partial charge in [0.05, 0.1) is 0 Å². The van der Waals surface area contributed by atoms with Gasteiger partial charge in [0.15, 0.2) is 0 Å². The monoisotopic (exact) mass is 276 g/mol. The molecule has 0 unspecified atom stereocenters. The van der Waals surface area contributed by atoms with E-state index in [0.29, 0.717) is 0 Å². The van der Waals surface area contributed by atoms with Crippen molar-refractivity contribution in [1.82, 2.24) is 10.6 Å². The molecular weight excluding hydrogens is 256 g/mol. The molecule has 0 saturated heterocycles. The van der Waals surface area contributed by atoms with Crippen molar-refractivity contribution in [2.24, 2.45) is 0 Å². The van der Waals surface area contributed by atoms with Crippen LogP contribution in [0.1, 0.15) is 11.1 Å². The minimum atomic E-state index is -0.379. The molecule has 106 valence electrons. The van der Waals surface area contributed by atoms with Crippen LogP contribution >= 0.6 is 0 Å². The summed E-state index contributed by atoms with van der Waals surface area (Å²) in [6, 6.07) is 12.9. The van der Waals surface area contributed by atoms with Crippen LogP contribution in [0.5, 0.6) is 0 Å². The summed E-state index contributed by atoms with van der Waals surface area (Å²) in [6.45, 7) is 9.09. The average molecular weight is 276 g/mol. The molecule has 0 aliphatic heterocycles. The van der Waals surface area contributed by atoms with Crippen LogP contribution < -0.4 is 10.6 Å². The molecule has 0 saturated carbocycles. The molecule has 0 spiro atoms. The van der Waals surface area contributed by atoms with Crippen molar-refractivity contribution in [2.45, 2.75) is 5.66 Å². The van der Waals surface area contributed by atoms with E-state index in [1.54, 1.807) is 0 Å². The van der Waals surface area contributed by atoms with E-state index in [1.165, 1.54) is 21.9 Å². The van der Waals surface area contributed by atoms with Crippen LogP contribution in [-0.2, 0) is 5.66 Å². The number of rotatable bonds is 6. The molecule has 0 radical (unpaired) electrons. The van der Waals surface area contributed by atoms with Crippen molar-refractivity contribution in [3.63, 3.8) is 0 Å². The smallest absolute Gasteiger partial charge is 0.116 e. The SMILES string of the molecule is C=CCNC1(NCC=C)C=Cc2cccc3cccc1c23. The highest BCUT2D eigenvalue weighted by Crippen LogP contribution is 2.35. The number of hydrogen-bond donors (Lipinski definition) is 2. The zero-order chi connectivity index (χ0) is 14.7. The Labute approximate surface area is 125 Å². The van der Waals surface area contributed by atoms with Gasteiger partial charge >= 0.3 is 0 Å². The highest BCUT2D eigenvalue weighted by Gasteiger charge is 2.32. The molecule has 2 aromatic carbocycles. The fraction of sp³-hybridized carbons (Fsp3) is 0.158. The van der Waals surface area contributed by atoms with Gasteiger partial charge < -0.3 is 0 Å². The average Bonchev–Trinajstić information content (AvgIpc) is 2.54. The first-order valence-electron chi connectivity index (χ1n) is 7.24. The van der Waals surface area contributed by atoms with E-state index in [9.17, 15) is 0 Å². The lowest BCUT2D eigenvalue weighted by atomic mass is 9.85. The van der Waals surface area contributed by atoms with Gasteiger partial charge in [-0.2, -0.15) is 0 Å². The number of benzene rings is 2. The Morgan fingerprint density at radius 1 is 0.952 bits per heavy atom. The summed E-state index contributed by atoms with van der Waals surface area (Å²) in [5.74, 6) is 0. The van der Waals surface area contributed by atoms with Gasteiger partial charge in [-0.15, -0.1) is 13.2 Å². The lowest BCUT2D eigenvalue weighted by Crippen LogP contribution is -2.53. The molecule has 2 aromatic rings. The fourth-order valence-electron chi connectivity index (χ4n) is 2.98. The summed E-state index contributed by atoms with van der Waals surface area (Å²) in [4.78, 5) is 0. The Morgan fingerprint density at radius 2 is 1.62 bits per heavy atom. The van der Waals surface area contributed by atoms with Crippen molar-refractivity contribution in [2.75, 3.05) is 13.1 Å². The van der Waals surface area contributed by atoms with Crippen molar-refractivity contribution < 1.29 is 0 Å². The number of nitrogens with one attached hydrogen (secondary N) is 2. The van der Waals surface area contributed by atoms with Crippen LogP contribution in [0.2, 0.25) is 0 Å². The van der Waals surface area contributed by atoms with Crippen molar-refractivity contribution >= 4 is 16.8 Å². The van der Waals surface area contributed by atoms with E-state index in [2.05, 4.69) is 72.3 Å². The largest absolute Gasteiger partial charge is 0.289 e. The third-order valence-electron chi connectivity index (χ3n) is 3.93. The molecule has 1 aliphatic carbocycles. The maximum Gasteiger partial charge on any atom is 0.116 e. The highest BCUT2D eigenvalue weighted by atomic mass is 15.2. The normalized spacial score (nSPS) is 15.0. The minimum absolute atomic E-state index is 0.379. The molecule has 1 aliphatic rings. The molecule has 2 N–H and O–H groups in total. The second kappa shape index (κ2) is 5.68. The van der Waals surface area contributed by atoms with Crippen LogP contribution in [0.25, 0.3) is 16.8 Å². The second-order valence-corrected chi connectivity index (χ2v) is 5.23. The molecule has 0 heterocycles. The van der Waals surface area contributed by atoms with Crippen molar-refractivity contribution in [3.05, 3.63) is 78.9 Å². The molecule has 0 atom stereocenters. The molecule has 3 rings (SSSR count). The first kappa shape index (κ1) is 13.8. The number of hydrogen-bond acceptors (Lipinski definition) is 2. The van der Waals surface area contributed by atoms with Crippen LogP contribution in [-0.4, -0.2) is 13.1 Å². The van der Waals surface area contributed by atoms with E-state index < -0.39 is 0 Å². The van der Waals surface area contributed by atoms with E-state index >= 15 is 0 Å². The van der Waals surface area contributed by atoms with Crippen LogP contribution in [0.4, 0.5) is 0 Å². The van der Waals surface area contributed by atoms with Crippen molar-refractivity contribution in [3.8, 4) is 0 Å². The van der Waals surface area contributed by atoms with Gasteiger partial charge in [-0.1, -0.05) is 54.6 Å². The fourth-order valence-corrected chi connectivity index (χ4v) is 2.98. The molecule has 2 nitrogen and oxygen atoms in total. The maximum atomic E-state index is 3.82. The highest BCUT2D eigenvalue weighted by molar-refractivity contribution is 5.96. The summed E-state index contributed by atoms with van der Waals surface area (Å²) in [7, 11) is 0. The molecule has 0 fully saturated rings. The summed E-state index contributed by atoms with van der Waals surface area (Å²) < 4.78 is 0. The summed E-state index contributed by atoms with van der Waals surface area (Å²) in [5.41, 5.74) is 2.14. The topological polar surface area (TPSA) is 24.1 Å². The Hall–Kier alpha value is -2.16. The molecule has 0 bridgehead atoms. The molecule has 0 amide bonds. The third-order valence-corrected chi connectivity index (χ3v) is 3.93. The molecular formula is C19H20N2. The standard InChI is InChI=1S/C19H20N2/c1-3-13-20-19(21-14-4-2)12-11-16-8-5-7-15-9-6-10-17(19)18(15)16/h3-12,20-21H,1-2,13-14H2. The minimum Gasteiger partial charge on any atom is -0.289 e. The van der Waals surface area contributed by atoms with Gasteiger partial charge in [-0.25, -0.2) is 0 Å². The Balaban J connectivity index is 2.19. The quantitative estimate of drug-likeness (QED) is 0.622. The van der Waals surface area contributed by atoms with Gasteiger partial charge in [-0.05, 0) is 28.0 Å². The molecule has 0 aromatic heterocycles. The van der Waals surface area contributed by atoms with Crippen LogP contribution in [0.15, 0.2) is 67.8 Å². The first-order chi connectivity index (χ1) is 10.3. The third kappa shape index (κ3) is 2.33. The van der Waals surface area contributed by atoms with E-state index in [1.807, 2.05) is 12.2 Å². The van der Waals surface area contributed by atoms with Gasteiger partial charge in [0.2, 0.25) is 0 Å². The first-order valence-corrected chi connectivity index (χ1v) is 7.24. The molecule has 21 heavy (non-hydrogen) atoms. The Bertz CT molecular complexity index is 695. The lowest BCUT2D eigenvalue weighted by molar-refractivity contribution is 0.363. The van der Waals surface area contributed by atoms with Gasteiger partial charge in [0.1, 0.15) is 5.66 Å². The van der Waals surface area contributed by atoms with Crippen molar-refractivity contribution in [1.29, 1.82) is 0 Å². The molecule has 2 heteroatoms. The summed E-state index contributed by atoms with van der Waals surface area (Å²) in [6.07, 6.45) is 8.14. The van der Waals surface area contributed by atoms with E-state index in [-0.39, 0.29) is 5.66 Å². The summed E-state index contributed by atoms with van der Waals surface area (Å²) >= 11 is 0. The van der Waals surface area contributed by atoms with E-state index in [4.69, 9.17) is 0 Å². The maximum absolute atomic E-state index is 3.82. The zero-order valence-corrected chi connectivity index (χ0v) is 12.1. The predicted molar refractivity (Wildman–Crippen MR) is 91.1 cm³/mol. The Kier molecular flexibility index (Phi) is 3.74. The van der Waals surface area contributed by atoms with Crippen LogP contribution in [0.3, 0.4) is 0 Å². The lowest BCUT2D eigenvalue weighted by Gasteiger charge is -2.37. The zero-order valence-electron chi connectivity index (χ0n) is 12.1. The van der Waals surface area contributed by atoms with Crippen LogP contribution in [0, 0.1) is 0 Å². The summed E-state index contributed by atoms with van der Waals surface area (Å²) in [5, 5.41) is 9.68. The van der Waals surface area contributed by atoms with Gasteiger partial charge in [0.25, 0.3) is 0 Å². The van der Waals surface area contributed by atoms with Gasteiger partial charge in [0, 0.05) is 13.1 Å². The predicted octanol–water partition coefficient (Wildman–Crippen LogP) is 3.57. The Morgan fingerprint density at radius 3 is 2.29 bits per heavy atom.